The summed E-state index contributed by atoms with van der Waals surface area (Å²) >= 11 is 1.26. The molecular weight excluding hydrogens is 452 g/mol. The van der Waals surface area contributed by atoms with Gasteiger partial charge >= 0.3 is 0 Å². The van der Waals surface area contributed by atoms with E-state index in [0.29, 0.717) is 22.0 Å². The highest BCUT2D eigenvalue weighted by atomic mass is 32.1. The van der Waals surface area contributed by atoms with Gasteiger partial charge in [0, 0.05) is 24.8 Å². The van der Waals surface area contributed by atoms with Crippen LogP contribution in [0.25, 0.3) is 10.3 Å². The Morgan fingerprint density at radius 3 is 2.79 bits per heavy atom. The number of aryl methyl sites for hydroxylation is 2. The molecule has 1 saturated heterocycles. The van der Waals surface area contributed by atoms with Crippen molar-refractivity contribution in [2.45, 2.75) is 53.1 Å². The Bertz CT molecular complexity index is 1280. The number of fused-ring (bicyclic) bond motifs is 1. The Labute approximate surface area is 202 Å². The van der Waals surface area contributed by atoms with E-state index in [0.717, 1.165) is 36.2 Å². The lowest BCUT2D eigenvalue weighted by atomic mass is 9.97. The smallest absolute Gasteiger partial charge is 0.273 e. The first-order chi connectivity index (χ1) is 16.2. The maximum atomic E-state index is 13.0. The number of thiazole rings is 1. The van der Waals surface area contributed by atoms with Crippen LogP contribution in [0.5, 0.6) is 0 Å². The number of anilines is 2. The second-order valence-electron chi connectivity index (χ2n) is 9.14. The summed E-state index contributed by atoms with van der Waals surface area (Å²) in [4.78, 5) is 49.0. The van der Waals surface area contributed by atoms with Crippen molar-refractivity contribution in [3.63, 3.8) is 0 Å². The molecule has 2 amide bonds. The molecular formula is C24H30N6O3S. The fourth-order valence-corrected chi connectivity index (χ4v) is 5.15. The van der Waals surface area contributed by atoms with E-state index in [-0.39, 0.29) is 35.9 Å². The van der Waals surface area contributed by atoms with Crippen LogP contribution in [0.4, 0.5) is 10.8 Å². The van der Waals surface area contributed by atoms with Gasteiger partial charge in [-0.1, -0.05) is 29.0 Å². The fraction of sp³-hybridized carbons (Fsp3) is 0.458. The van der Waals surface area contributed by atoms with Crippen LogP contribution in [0.3, 0.4) is 0 Å². The van der Waals surface area contributed by atoms with Gasteiger partial charge in [-0.15, -0.1) is 0 Å². The third kappa shape index (κ3) is 5.27. The minimum atomic E-state index is -0.296. The summed E-state index contributed by atoms with van der Waals surface area (Å²) in [5, 5.41) is 6.53. The van der Waals surface area contributed by atoms with Crippen molar-refractivity contribution >= 4 is 44.3 Å². The molecule has 1 aliphatic rings. The molecule has 0 radical (unpaired) electrons. The van der Waals surface area contributed by atoms with Gasteiger partial charge in [-0.2, -0.15) is 4.98 Å². The van der Waals surface area contributed by atoms with Gasteiger partial charge in [0.15, 0.2) is 10.8 Å². The van der Waals surface area contributed by atoms with Crippen LogP contribution in [-0.2, 0) is 16.1 Å². The average molecular weight is 483 g/mol. The van der Waals surface area contributed by atoms with Gasteiger partial charge in [0.1, 0.15) is 17.6 Å². The van der Waals surface area contributed by atoms with E-state index >= 15 is 0 Å². The number of piperidine rings is 1. The molecule has 1 atom stereocenters. The van der Waals surface area contributed by atoms with Crippen LogP contribution >= 0.6 is 11.3 Å². The van der Waals surface area contributed by atoms with Crippen molar-refractivity contribution < 1.29 is 9.59 Å². The number of hydrogen-bond donors (Lipinski definition) is 2. The summed E-state index contributed by atoms with van der Waals surface area (Å²) in [5.41, 5.74) is 2.87. The molecule has 0 bridgehead atoms. The maximum absolute atomic E-state index is 13.0. The summed E-state index contributed by atoms with van der Waals surface area (Å²) in [6.07, 6.45) is 3.08. The molecule has 180 valence electrons. The lowest BCUT2D eigenvalue weighted by Crippen LogP contribution is -2.44. The molecule has 0 saturated carbocycles. The molecule has 10 heteroatoms. The van der Waals surface area contributed by atoms with Crippen LogP contribution in [0.15, 0.2) is 29.3 Å². The largest absolute Gasteiger partial charge is 0.354 e. The standard InChI is InChI=1S/C24H30N6O3S/c1-14(2)26-22(32)17-6-5-9-29(11-17)24-28-21-20(34-24)23(33)30(13-25-21)12-19(31)27-18-8-7-15(3)10-16(18)4/h7-8,10,13-14,17H,5-6,9,11-12H2,1-4H3,(H,26,32)(H,27,31)/t17-/m0/s1. The molecule has 0 spiro atoms. The molecule has 2 aromatic heterocycles. The molecule has 34 heavy (non-hydrogen) atoms. The Balaban J connectivity index is 1.49. The number of amides is 2. The highest BCUT2D eigenvalue weighted by Crippen LogP contribution is 2.29. The molecule has 4 rings (SSSR count). The molecule has 1 aliphatic heterocycles. The van der Waals surface area contributed by atoms with E-state index in [1.54, 1.807) is 0 Å². The molecule has 1 fully saturated rings. The minimum absolute atomic E-state index is 0.0520. The van der Waals surface area contributed by atoms with Gasteiger partial charge < -0.3 is 15.5 Å². The number of nitrogens with zero attached hydrogens (tertiary/aromatic N) is 4. The molecule has 0 aliphatic carbocycles. The minimum Gasteiger partial charge on any atom is -0.354 e. The summed E-state index contributed by atoms with van der Waals surface area (Å²) in [6.45, 7) is 9.02. The summed E-state index contributed by atoms with van der Waals surface area (Å²) in [6, 6.07) is 5.88. The number of rotatable bonds is 6. The predicted octanol–water partition coefficient (Wildman–Crippen LogP) is 2.85. The van der Waals surface area contributed by atoms with Crippen molar-refractivity contribution in [1.29, 1.82) is 0 Å². The monoisotopic (exact) mass is 482 g/mol. The van der Waals surface area contributed by atoms with Crippen molar-refractivity contribution in [1.82, 2.24) is 19.9 Å². The average Bonchev–Trinajstić information content (AvgIpc) is 3.23. The first-order valence-corrected chi connectivity index (χ1v) is 12.3. The zero-order valence-electron chi connectivity index (χ0n) is 19.9. The zero-order chi connectivity index (χ0) is 24.4. The van der Waals surface area contributed by atoms with E-state index in [1.165, 1.54) is 22.2 Å². The van der Waals surface area contributed by atoms with Crippen LogP contribution in [0.2, 0.25) is 0 Å². The number of carbonyl (C=O) groups is 2. The predicted molar refractivity (Wildman–Crippen MR) is 134 cm³/mol. The Morgan fingerprint density at radius 2 is 2.06 bits per heavy atom. The molecule has 2 N–H and O–H groups in total. The van der Waals surface area contributed by atoms with E-state index < -0.39 is 0 Å². The van der Waals surface area contributed by atoms with E-state index in [9.17, 15) is 14.4 Å². The lowest BCUT2D eigenvalue weighted by Gasteiger charge is -2.32. The Morgan fingerprint density at radius 1 is 1.26 bits per heavy atom. The first-order valence-electron chi connectivity index (χ1n) is 11.5. The summed E-state index contributed by atoms with van der Waals surface area (Å²) in [7, 11) is 0. The number of nitrogens with one attached hydrogen (secondary N) is 2. The van der Waals surface area contributed by atoms with Gasteiger partial charge in [0.05, 0.1) is 5.92 Å². The summed E-state index contributed by atoms with van der Waals surface area (Å²) in [5.74, 6) is -0.354. The van der Waals surface area contributed by atoms with Crippen LogP contribution in [0, 0.1) is 19.8 Å². The van der Waals surface area contributed by atoms with Crippen LogP contribution < -0.4 is 21.1 Å². The van der Waals surface area contributed by atoms with E-state index in [2.05, 4.69) is 25.5 Å². The third-order valence-corrected chi connectivity index (χ3v) is 6.93. The van der Waals surface area contributed by atoms with E-state index in [4.69, 9.17) is 0 Å². The molecule has 1 aromatic carbocycles. The first kappa shape index (κ1) is 23.9. The highest BCUT2D eigenvalue weighted by molar-refractivity contribution is 7.22. The van der Waals surface area contributed by atoms with Crippen LogP contribution in [-0.4, -0.2) is 45.5 Å². The molecule has 3 heterocycles. The number of carbonyl (C=O) groups excluding carboxylic acids is 2. The zero-order valence-corrected chi connectivity index (χ0v) is 20.7. The van der Waals surface area contributed by atoms with Crippen molar-refractivity contribution in [3.8, 4) is 0 Å². The van der Waals surface area contributed by atoms with Gasteiger partial charge in [-0.25, -0.2) is 4.98 Å². The fourth-order valence-electron chi connectivity index (χ4n) is 4.15. The highest BCUT2D eigenvalue weighted by Gasteiger charge is 2.28. The van der Waals surface area contributed by atoms with Gasteiger partial charge in [-0.05, 0) is 52.2 Å². The SMILES string of the molecule is Cc1ccc(NC(=O)Cn2cnc3nc(N4CCC[C@H](C(=O)NC(C)C)C4)sc3c2=O)c(C)c1. The topological polar surface area (TPSA) is 109 Å². The van der Waals surface area contributed by atoms with Crippen molar-refractivity contribution in [2.75, 3.05) is 23.3 Å². The Hall–Kier alpha value is -3.27. The van der Waals surface area contributed by atoms with Gasteiger partial charge in [0.25, 0.3) is 5.56 Å². The molecule has 0 unspecified atom stereocenters. The molecule has 9 nitrogen and oxygen atoms in total. The van der Waals surface area contributed by atoms with Crippen molar-refractivity contribution in [2.24, 2.45) is 5.92 Å². The van der Waals surface area contributed by atoms with Crippen LogP contribution in [0.1, 0.15) is 37.8 Å². The summed E-state index contributed by atoms with van der Waals surface area (Å²) < 4.78 is 1.71. The van der Waals surface area contributed by atoms with Crippen molar-refractivity contribution in [3.05, 3.63) is 46.0 Å². The normalized spacial score (nSPS) is 16.1. The van der Waals surface area contributed by atoms with Gasteiger partial charge in [-0.3, -0.25) is 19.0 Å². The quantitative estimate of drug-likeness (QED) is 0.559. The second-order valence-corrected chi connectivity index (χ2v) is 10.1. The second kappa shape index (κ2) is 9.92. The lowest BCUT2D eigenvalue weighted by molar-refractivity contribution is -0.125. The number of benzene rings is 1. The third-order valence-electron chi connectivity index (χ3n) is 5.84. The Kier molecular flexibility index (Phi) is 6.97. The molecule has 3 aromatic rings. The maximum Gasteiger partial charge on any atom is 0.273 e. The number of aromatic nitrogens is 3. The number of hydrogen-bond acceptors (Lipinski definition) is 7. The van der Waals surface area contributed by atoms with E-state index in [1.807, 2.05) is 45.9 Å². The van der Waals surface area contributed by atoms with Gasteiger partial charge in [0.2, 0.25) is 11.8 Å².